The van der Waals surface area contributed by atoms with Gasteiger partial charge in [0.1, 0.15) is 6.04 Å². The number of benzene rings is 1. The minimum atomic E-state index is -0.565. The quantitative estimate of drug-likeness (QED) is 0.689. The minimum absolute atomic E-state index is 0.00134. The van der Waals surface area contributed by atoms with Gasteiger partial charge in [-0.05, 0) is 38.2 Å². The van der Waals surface area contributed by atoms with Gasteiger partial charge < -0.3 is 15.1 Å². The van der Waals surface area contributed by atoms with Crippen LogP contribution in [0.4, 0.5) is 0 Å². The number of carbonyl (C=O) groups is 3. The fourth-order valence-electron chi connectivity index (χ4n) is 5.99. The summed E-state index contributed by atoms with van der Waals surface area (Å²) in [6, 6.07) is 9.36. The van der Waals surface area contributed by atoms with Gasteiger partial charge in [0.05, 0.1) is 0 Å². The topological polar surface area (TPSA) is 69.7 Å². The second-order valence-corrected chi connectivity index (χ2v) is 10.6. The summed E-state index contributed by atoms with van der Waals surface area (Å²) < 4.78 is 0. The average Bonchev–Trinajstić information content (AvgIpc) is 2.89. The van der Waals surface area contributed by atoms with Crippen molar-refractivity contribution in [3.05, 3.63) is 35.9 Å². The van der Waals surface area contributed by atoms with E-state index in [4.69, 9.17) is 0 Å². The summed E-state index contributed by atoms with van der Waals surface area (Å²) in [7, 11) is 0. The molecular formula is C28H41N3O3. The van der Waals surface area contributed by atoms with E-state index in [0.717, 1.165) is 56.9 Å². The molecule has 0 spiro atoms. The summed E-state index contributed by atoms with van der Waals surface area (Å²) in [5.41, 5.74) is 1.05. The third-order valence-corrected chi connectivity index (χ3v) is 8.05. The summed E-state index contributed by atoms with van der Waals surface area (Å²) in [5, 5.41) is 3.12. The maximum Gasteiger partial charge on any atom is 0.245 e. The summed E-state index contributed by atoms with van der Waals surface area (Å²) in [4.78, 5) is 43.6. The van der Waals surface area contributed by atoms with E-state index >= 15 is 0 Å². The number of carbonyl (C=O) groups excluding carboxylic acids is 3. The first kappa shape index (κ1) is 24.7. The highest BCUT2D eigenvalue weighted by molar-refractivity contribution is 5.89. The van der Waals surface area contributed by atoms with E-state index in [-0.39, 0.29) is 35.6 Å². The molecule has 2 aliphatic carbocycles. The fourth-order valence-corrected chi connectivity index (χ4v) is 5.99. The zero-order chi connectivity index (χ0) is 23.9. The molecule has 3 amide bonds. The van der Waals surface area contributed by atoms with Crippen LogP contribution in [0.3, 0.4) is 0 Å². The smallest absolute Gasteiger partial charge is 0.245 e. The van der Waals surface area contributed by atoms with Crippen molar-refractivity contribution in [3.63, 3.8) is 0 Å². The molecule has 6 heteroatoms. The Kier molecular flexibility index (Phi) is 8.63. The largest absolute Gasteiger partial charge is 0.344 e. The van der Waals surface area contributed by atoms with Gasteiger partial charge in [0.2, 0.25) is 17.7 Å². The summed E-state index contributed by atoms with van der Waals surface area (Å²) in [6.07, 6.45) is 11.2. The Morgan fingerprint density at radius 2 is 1.50 bits per heavy atom. The number of nitrogens with zero attached hydrogens (tertiary/aromatic N) is 2. The molecule has 6 nitrogen and oxygen atoms in total. The Bertz CT molecular complexity index is 831. The number of amides is 3. The van der Waals surface area contributed by atoms with Crippen molar-refractivity contribution in [3.8, 4) is 0 Å². The highest BCUT2D eigenvalue weighted by atomic mass is 16.2. The van der Waals surface area contributed by atoms with Gasteiger partial charge in [-0.1, -0.05) is 68.9 Å². The first-order valence-electron chi connectivity index (χ1n) is 13.5. The molecule has 0 aromatic heterocycles. The van der Waals surface area contributed by atoms with E-state index in [0.29, 0.717) is 26.1 Å². The average molecular weight is 468 g/mol. The molecule has 3 fully saturated rings. The van der Waals surface area contributed by atoms with Crippen LogP contribution < -0.4 is 5.32 Å². The molecule has 1 N–H and O–H groups in total. The molecule has 0 radical (unpaired) electrons. The van der Waals surface area contributed by atoms with Gasteiger partial charge in [-0.3, -0.25) is 14.4 Å². The van der Waals surface area contributed by atoms with Crippen molar-refractivity contribution in [2.24, 2.45) is 11.8 Å². The van der Waals surface area contributed by atoms with E-state index in [1.54, 1.807) is 0 Å². The van der Waals surface area contributed by atoms with Crippen LogP contribution in [0.5, 0.6) is 0 Å². The van der Waals surface area contributed by atoms with Crippen LogP contribution in [-0.2, 0) is 20.8 Å². The fraction of sp³-hybridized carbons (Fsp3) is 0.679. The molecule has 1 aromatic carbocycles. The van der Waals surface area contributed by atoms with Gasteiger partial charge in [-0.2, -0.15) is 0 Å². The molecule has 4 rings (SSSR count). The van der Waals surface area contributed by atoms with Crippen molar-refractivity contribution in [1.29, 1.82) is 0 Å². The molecular weight excluding hydrogens is 426 g/mol. The number of hydrogen-bond acceptors (Lipinski definition) is 3. The molecule has 1 heterocycles. The molecule has 1 saturated heterocycles. The van der Waals surface area contributed by atoms with E-state index in [9.17, 15) is 14.4 Å². The SMILES string of the molecule is CC1CN(C(=O)C(Cc2ccccc2)NC(=O)C2CCCCC2)CCN1C(=O)C1CCCCC1. The van der Waals surface area contributed by atoms with Crippen LogP contribution in [0.15, 0.2) is 30.3 Å². The van der Waals surface area contributed by atoms with E-state index in [1.807, 2.05) is 47.1 Å². The first-order chi connectivity index (χ1) is 16.5. The molecule has 2 atom stereocenters. The number of rotatable bonds is 6. The van der Waals surface area contributed by atoms with Crippen molar-refractivity contribution < 1.29 is 14.4 Å². The zero-order valence-electron chi connectivity index (χ0n) is 20.7. The van der Waals surface area contributed by atoms with Crippen molar-refractivity contribution in [2.45, 2.75) is 89.6 Å². The third-order valence-electron chi connectivity index (χ3n) is 8.05. The van der Waals surface area contributed by atoms with E-state index < -0.39 is 6.04 Å². The van der Waals surface area contributed by atoms with Gasteiger partial charge in [-0.15, -0.1) is 0 Å². The number of nitrogens with one attached hydrogen (secondary N) is 1. The third kappa shape index (κ3) is 6.19. The lowest BCUT2D eigenvalue weighted by molar-refractivity contribution is -0.147. The lowest BCUT2D eigenvalue weighted by atomic mass is 9.87. The van der Waals surface area contributed by atoms with Crippen LogP contribution in [0, 0.1) is 11.8 Å². The van der Waals surface area contributed by atoms with Crippen LogP contribution in [0.25, 0.3) is 0 Å². The van der Waals surface area contributed by atoms with Crippen molar-refractivity contribution in [2.75, 3.05) is 19.6 Å². The molecule has 34 heavy (non-hydrogen) atoms. The lowest BCUT2D eigenvalue weighted by Crippen LogP contribution is -2.60. The Labute approximate surface area is 204 Å². The van der Waals surface area contributed by atoms with Gasteiger partial charge in [0.15, 0.2) is 0 Å². The monoisotopic (exact) mass is 467 g/mol. The van der Waals surface area contributed by atoms with E-state index in [2.05, 4.69) is 5.32 Å². The predicted molar refractivity (Wildman–Crippen MR) is 133 cm³/mol. The van der Waals surface area contributed by atoms with Crippen LogP contribution in [-0.4, -0.2) is 59.2 Å². The van der Waals surface area contributed by atoms with Gasteiger partial charge >= 0.3 is 0 Å². The van der Waals surface area contributed by atoms with Gasteiger partial charge in [-0.25, -0.2) is 0 Å². The maximum atomic E-state index is 13.7. The summed E-state index contributed by atoms with van der Waals surface area (Å²) >= 11 is 0. The molecule has 2 saturated carbocycles. The summed E-state index contributed by atoms with van der Waals surface area (Å²) in [5.74, 6) is 0.436. The van der Waals surface area contributed by atoms with Gasteiger partial charge in [0, 0.05) is 43.9 Å². The normalized spacial score (nSPS) is 23.4. The summed E-state index contributed by atoms with van der Waals surface area (Å²) in [6.45, 7) is 3.69. The number of piperazine rings is 1. The highest BCUT2D eigenvalue weighted by Crippen LogP contribution is 2.27. The molecule has 3 aliphatic rings. The van der Waals surface area contributed by atoms with Crippen molar-refractivity contribution in [1.82, 2.24) is 15.1 Å². The molecule has 0 bridgehead atoms. The second kappa shape index (κ2) is 11.9. The lowest BCUT2D eigenvalue weighted by Gasteiger charge is -2.42. The minimum Gasteiger partial charge on any atom is -0.344 e. The number of hydrogen-bond donors (Lipinski definition) is 1. The molecule has 186 valence electrons. The molecule has 1 aromatic rings. The highest BCUT2D eigenvalue weighted by Gasteiger charge is 2.36. The predicted octanol–water partition coefficient (Wildman–Crippen LogP) is 3.93. The van der Waals surface area contributed by atoms with Crippen LogP contribution >= 0.6 is 0 Å². The van der Waals surface area contributed by atoms with Crippen molar-refractivity contribution >= 4 is 17.7 Å². The Hall–Kier alpha value is -2.37. The Balaban J connectivity index is 1.40. The molecule has 2 unspecified atom stereocenters. The second-order valence-electron chi connectivity index (χ2n) is 10.6. The van der Waals surface area contributed by atoms with E-state index in [1.165, 1.54) is 12.8 Å². The first-order valence-corrected chi connectivity index (χ1v) is 13.5. The zero-order valence-corrected chi connectivity index (χ0v) is 20.7. The standard InChI is InChI=1S/C28H41N3O3/c1-21-20-30(17-18-31(21)27(33)24-15-9-4-10-16-24)28(34)25(19-22-11-5-2-6-12-22)29-26(32)23-13-7-3-8-14-23/h2,5-6,11-12,21,23-25H,3-4,7-10,13-20H2,1H3,(H,29,32). The van der Waals surface area contributed by atoms with Crippen LogP contribution in [0.2, 0.25) is 0 Å². The Morgan fingerprint density at radius 3 is 2.12 bits per heavy atom. The maximum absolute atomic E-state index is 13.7. The molecule has 1 aliphatic heterocycles. The van der Waals surface area contributed by atoms with Crippen LogP contribution in [0.1, 0.15) is 76.7 Å². The van der Waals surface area contributed by atoms with Gasteiger partial charge in [0.25, 0.3) is 0 Å². The Morgan fingerprint density at radius 1 is 0.882 bits per heavy atom.